The van der Waals surface area contributed by atoms with Crippen molar-refractivity contribution >= 4 is 5.78 Å². The third-order valence-electron chi connectivity index (χ3n) is 5.83. The number of rotatable bonds is 6. The van der Waals surface area contributed by atoms with E-state index in [4.69, 9.17) is 9.47 Å². The van der Waals surface area contributed by atoms with Crippen molar-refractivity contribution in [3.8, 4) is 11.5 Å². The number of piperidine rings is 1. The van der Waals surface area contributed by atoms with Gasteiger partial charge in [-0.1, -0.05) is 13.8 Å². The molecule has 3 heterocycles. The fraction of sp³-hybridized carbons (Fsp3) is 0.667. The van der Waals surface area contributed by atoms with Crippen LogP contribution in [0.2, 0.25) is 0 Å². The Hall–Kier alpha value is -1.63. The van der Waals surface area contributed by atoms with Crippen molar-refractivity contribution in [1.82, 2.24) is 15.8 Å². The molecule has 2 N–H and O–H groups in total. The van der Waals surface area contributed by atoms with E-state index in [1.165, 1.54) is 6.42 Å². The third-order valence-corrected chi connectivity index (χ3v) is 5.83. The normalized spacial score (nSPS) is 28.0. The Kier molecular flexibility index (Phi) is 5.66. The van der Waals surface area contributed by atoms with E-state index in [2.05, 4.69) is 29.6 Å². The predicted octanol–water partition coefficient (Wildman–Crippen LogP) is 2.59. The predicted molar refractivity (Wildman–Crippen MR) is 104 cm³/mol. The number of benzene rings is 1. The quantitative estimate of drug-likeness (QED) is 0.748. The molecule has 1 aromatic rings. The largest absolute Gasteiger partial charge is 0.454 e. The first-order chi connectivity index (χ1) is 13.1. The van der Waals surface area contributed by atoms with Crippen LogP contribution in [0.3, 0.4) is 0 Å². The summed E-state index contributed by atoms with van der Waals surface area (Å²) in [5.74, 6) is 2.42. The lowest BCUT2D eigenvalue weighted by Gasteiger charge is -2.33. The van der Waals surface area contributed by atoms with Gasteiger partial charge in [0.1, 0.15) is 0 Å². The molecule has 2 fully saturated rings. The first-order valence-electron chi connectivity index (χ1n) is 10.3. The van der Waals surface area contributed by atoms with E-state index in [-0.39, 0.29) is 18.5 Å². The second-order valence-electron chi connectivity index (χ2n) is 8.58. The number of carbonyl (C=O) groups excluding carboxylic acids is 1. The number of fused-ring (bicyclic) bond motifs is 1. The van der Waals surface area contributed by atoms with Gasteiger partial charge in [0.15, 0.2) is 17.3 Å². The molecule has 3 aliphatic rings. The van der Waals surface area contributed by atoms with Crippen LogP contribution in [-0.2, 0) is 0 Å². The summed E-state index contributed by atoms with van der Waals surface area (Å²) in [6.45, 7) is 7.72. The van der Waals surface area contributed by atoms with Crippen molar-refractivity contribution in [3.63, 3.8) is 0 Å². The molecule has 0 aromatic heterocycles. The van der Waals surface area contributed by atoms with Crippen LogP contribution in [0, 0.1) is 11.8 Å². The molecule has 0 saturated carbocycles. The van der Waals surface area contributed by atoms with Crippen molar-refractivity contribution in [2.75, 3.05) is 26.4 Å². The summed E-state index contributed by atoms with van der Waals surface area (Å²) in [5, 5.41) is 0. The zero-order chi connectivity index (χ0) is 18.8. The highest BCUT2D eigenvalue weighted by Gasteiger charge is 2.31. The Morgan fingerprint density at radius 1 is 1.22 bits per heavy atom. The van der Waals surface area contributed by atoms with Gasteiger partial charge in [0.05, 0.1) is 0 Å². The molecule has 0 amide bonds. The maximum atomic E-state index is 13.0. The van der Waals surface area contributed by atoms with E-state index in [1.54, 1.807) is 0 Å². The molecular weight excluding hydrogens is 342 g/mol. The summed E-state index contributed by atoms with van der Waals surface area (Å²) < 4.78 is 10.8. The lowest BCUT2D eigenvalue weighted by atomic mass is 9.89. The van der Waals surface area contributed by atoms with Crippen LogP contribution in [0.4, 0.5) is 0 Å². The second kappa shape index (κ2) is 8.17. The molecule has 1 aromatic carbocycles. The molecule has 6 nitrogen and oxygen atoms in total. The minimum atomic E-state index is 0.0694. The minimum absolute atomic E-state index is 0.0694. The van der Waals surface area contributed by atoms with Gasteiger partial charge in [-0.2, -0.15) is 0 Å². The van der Waals surface area contributed by atoms with Gasteiger partial charge in [0, 0.05) is 36.7 Å². The van der Waals surface area contributed by atoms with Gasteiger partial charge in [0.2, 0.25) is 6.79 Å². The number of likely N-dealkylation sites (tertiary alicyclic amines) is 1. The minimum Gasteiger partial charge on any atom is -0.454 e. The monoisotopic (exact) mass is 373 g/mol. The van der Waals surface area contributed by atoms with E-state index >= 15 is 0 Å². The Labute approximate surface area is 161 Å². The Bertz CT molecular complexity index is 679. The third kappa shape index (κ3) is 4.45. The number of nitrogens with zero attached hydrogens (tertiary/aromatic N) is 1. The zero-order valence-corrected chi connectivity index (χ0v) is 16.4. The number of Topliss-reactive ketones (excluding diaryl/α,β-unsaturated/α-hetero) is 1. The number of ether oxygens (including phenoxy) is 2. The van der Waals surface area contributed by atoms with E-state index in [1.807, 2.05) is 18.2 Å². The van der Waals surface area contributed by atoms with E-state index < -0.39 is 0 Å². The average molecular weight is 373 g/mol. The molecule has 0 spiro atoms. The number of carbonyl (C=O) groups is 1. The van der Waals surface area contributed by atoms with Crippen LogP contribution >= 0.6 is 0 Å². The summed E-state index contributed by atoms with van der Waals surface area (Å²) >= 11 is 0. The summed E-state index contributed by atoms with van der Waals surface area (Å²) in [5.41, 5.74) is 7.64. The van der Waals surface area contributed by atoms with Crippen molar-refractivity contribution in [2.24, 2.45) is 11.8 Å². The fourth-order valence-electron chi connectivity index (χ4n) is 4.57. The standard InChI is InChI=1S/C21H31N3O3/c1-14(2)8-17-10-18(23-22-17)12-24-7-3-4-16(11-24)21(25)15-5-6-19-20(9-15)27-13-26-19/h5-6,9,14,16-18,22-23H,3-4,7-8,10-13H2,1-2H3. The zero-order valence-electron chi connectivity index (χ0n) is 16.4. The SMILES string of the molecule is CC(C)CC1CC(CN2CCCC(C(=O)c3ccc4c(c3)OCO4)C2)NN1. The highest BCUT2D eigenvalue weighted by Crippen LogP contribution is 2.34. The molecule has 0 radical (unpaired) electrons. The van der Waals surface area contributed by atoms with Crippen LogP contribution in [0.25, 0.3) is 0 Å². The van der Waals surface area contributed by atoms with Gasteiger partial charge in [0.25, 0.3) is 0 Å². The summed E-state index contributed by atoms with van der Waals surface area (Å²) in [4.78, 5) is 15.5. The summed E-state index contributed by atoms with van der Waals surface area (Å²) in [6.07, 6.45) is 4.41. The van der Waals surface area contributed by atoms with Crippen molar-refractivity contribution in [2.45, 2.75) is 51.6 Å². The van der Waals surface area contributed by atoms with Crippen molar-refractivity contribution in [3.05, 3.63) is 23.8 Å². The molecule has 3 aliphatic heterocycles. The van der Waals surface area contributed by atoms with Crippen molar-refractivity contribution in [1.29, 1.82) is 0 Å². The lowest BCUT2D eigenvalue weighted by molar-refractivity contribution is 0.0809. The fourth-order valence-corrected chi connectivity index (χ4v) is 4.57. The Balaban J connectivity index is 1.32. The molecule has 2 saturated heterocycles. The Morgan fingerprint density at radius 3 is 2.89 bits per heavy atom. The molecule has 4 rings (SSSR count). The molecule has 27 heavy (non-hydrogen) atoms. The highest BCUT2D eigenvalue weighted by molar-refractivity contribution is 5.98. The maximum Gasteiger partial charge on any atom is 0.231 e. The number of hydrogen-bond acceptors (Lipinski definition) is 6. The first-order valence-corrected chi connectivity index (χ1v) is 10.3. The molecule has 3 unspecified atom stereocenters. The molecule has 6 heteroatoms. The molecular formula is C21H31N3O3. The van der Waals surface area contributed by atoms with Crippen LogP contribution < -0.4 is 20.3 Å². The van der Waals surface area contributed by atoms with Crippen LogP contribution in [0.5, 0.6) is 11.5 Å². The smallest absolute Gasteiger partial charge is 0.231 e. The number of nitrogens with one attached hydrogen (secondary N) is 2. The molecule has 148 valence electrons. The van der Waals surface area contributed by atoms with Gasteiger partial charge >= 0.3 is 0 Å². The van der Waals surface area contributed by atoms with Gasteiger partial charge in [-0.05, 0) is 56.3 Å². The Morgan fingerprint density at radius 2 is 2.04 bits per heavy atom. The number of ketones is 1. The molecule has 0 aliphatic carbocycles. The van der Waals surface area contributed by atoms with Gasteiger partial charge in [-0.15, -0.1) is 0 Å². The lowest BCUT2D eigenvalue weighted by Crippen LogP contribution is -2.45. The van der Waals surface area contributed by atoms with Gasteiger partial charge in [-0.3, -0.25) is 15.6 Å². The van der Waals surface area contributed by atoms with E-state index in [9.17, 15) is 4.79 Å². The summed E-state index contributed by atoms with van der Waals surface area (Å²) in [7, 11) is 0. The maximum absolute atomic E-state index is 13.0. The second-order valence-corrected chi connectivity index (χ2v) is 8.58. The van der Waals surface area contributed by atoms with Crippen LogP contribution in [0.1, 0.15) is 49.9 Å². The topological polar surface area (TPSA) is 62.8 Å². The van der Waals surface area contributed by atoms with Crippen molar-refractivity contribution < 1.29 is 14.3 Å². The molecule has 3 atom stereocenters. The van der Waals surface area contributed by atoms with E-state index in [0.29, 0.717) is 23.8 Å². The molecule has 0 bridgehead atoms. The summed E-state index contributed by atoms with van der Waals surface area (Å²) in [6, 6.07) is 6.58. The van der Waals surface area contributed by atoms with Gasteiger partial charge in [-0.25, -0.2) is 0 Å². The highest BCUT2D eigenvalue weighted by atomic mass is 16.7. The van der Waals surface area contributed by atoms with Crippen LogP contribution in [-0.4, -0.2) is 49.2 Å². The number of hydrazine groups is 1. The van der Waals surface area contributed by atoms with E-state index in [0.717, 1.165) is 50.2 Å². The van der Waals surface area contributed by atoms with Crippen LogP contribution in [0.15, 0.2) is 18.2 Å². The first kappa shape index (κ1) is 18.7. The average Bonchev–Trinajstić information content (AvgIpc) is 3.29. The van der Waals surface area contributed by atoms with Gasteiger partial charge < -0.3 is 14.4 Å². The number of hydrogen-bond donors (Lipinski definition) is 2.